The predicted octanol–water partition coefficient (Wildman–Crippen LogP) is 7.89. The number of aryl methyl sites for hydroxylation is 1. The minimum atomic E-state index is -0.903. The maximum Gasteiger partial charge on any atom is 0.308 e. The van der Waals surface area contributed by atoms with Crippen LogP contribution in [0.1, 0.15) is 31.9 Å². The second-order valence-corrected chi connectivity index (χ2v) is 11.5. The highest BCUT2D eigenvalue weighted by Crippen LogP contribution is 2.57. The van der Waals surface area contributed by atoms with E-state index in [0.717, 1.165) is 33.5 Å². The number of benzene rings is 5. The Kier molecular flexibility index (Phi) is 5.98. The number of hydrogen-bond donors (Lipinski definition) is 0. The van der Waals surface area contributed by atoms with Gasteiger partial charge in [-0.25, -0.2) is 0 Å². The van der Waals surface area contributed by atoms with Crippen molar-refractivity contribution >= 4 is 45.1 Å². The van der Waals surface area contributed by atoms with Crippen LogP contribution >= 0.6 is 0 Å². The summed E-state index contributed by atoms with van der Waals surface area (Å²) in [5, 5.41) is 4.31. The van der Waals surface area contributed by atoms with Crippen molar-refractivity contribution in [1.82, 2.24) is 0 Å². The summed E-state index contributed by atoms with van der Waals surface area (Å²) in [5.41, 5.74) is 2.75. The Morgan fingerprint density at radius 2 is 1.67 bits per heavy atom. The van der Waals surface area contributed by atoms with E-state index < -0.39 is 11.1 Å². The van der Waals surface area contributed by atoms with Crippen molar-refractivity contribution < 1.29 is 19.0 Å². The van der Waals surface area contributed by atoms with Crippen LogP contribution in [0.4, 0.5) is 11.4 Å². The van der Waals surface area contributed by atoms with E-state index in [9.17, 15) is 4.79 Å². The summed E-state index contributed by atoms with van der Waals surface area (Å²) in [4.78, 5) is 19.1. The van der Waals surface area contributed by atoms with E-state index in [2.05, 4.69) is 68.1 Å². The van der Waals surface area contributed by atoms with Crippen LogP contribution in [0.5, 0.6) is 17.2 Å². The van der Waals surface area contributed by atoms with Crippen LogP contribution in [-0.4, -0.2) is 31.1 Å². The fourth-order valence-corrected chi connectivity index (χ4v) is 6.63. The number of esters is 1. The van der Waals surface area contributed by atoms with Crippen molar-refractivity contribution in [3.63, 3.8) is 0 Å². The van der Waals surface area contributed by atoms with Gasteiger partial charge in [0.1, 0.15) is 29.5 Å². The Morgan fingerprint density at radius 1 is 0.881 bits per heavy atom. The highest BCUT2D eigenvalue weighted by Gasteiger charge is 2.60. The van der Waals surface area contributed by atoms with E-state index >= 15 is 0 Å². The molecular weight excluding hydrogens is 524 g/mol. The van der Waals surface area contributed by atoms with E-state index in [4.69, 9.17) is 19.2 Å². The summed E-state index contributed by atoms with van der Waals surface area (Å²) in [6.07, 6.45) is 1.96. The van der Waals surface area contributed by atoms with Gasteiger partial charge >= 0.3 is 5.97 Å². The summed E-state index contributed by atoms with van der Waals surface area (Å²) in [7, 11) is 0. The van der Waals surface area contributed by atoms with Crippen molar-refractivity contribution in [2.75, 3.05) is 18.1 Å². The molecule has 210 valence electrons. The molecule has 6 nitrogen and oxygen atoms in total. The first-order chi connectivity index (χ1) is 20.3. The number of nitrogens with zero attached hydrogens (tertiary/aromatic N) is 2. The summed E-state index contributed by atoms with van der Waals surface area (Å²) >= 11 is 0. The van der Waals surface area contributed by atoms with Crippen LogP contribution in [0.2, 0.25) is 0 Å². The number of ether oxygens (including phenoxy) is 3. The number of anilines is 1. The van der Waals surface area contributed by atoms with Crippen LogP contribution in [0, 0.1) is 6.92 Å². The molecule has 1 unspecified atom stereocenters. The van der Waals surface area contributed by atoms with Crippen LogP contribution in [0.25, 0.3) is 21.5 Å². The van der Waals surface area contributed by atoms with Crippen LogP contribution in [0.15, 0.2) is 96.0 Å². The molecule has 42 heavy (non-hydrogen) atoms. The van der Waals surface area contributed by atoms with Gasteiger partial charge in [0.15, 0.2) is 0 Å². The van der Waals surface area contributed by atoms with Crippen molar-refractivity contribution in [2.45, 2.75) is 38.8 Å². The average molecular weight is 557 g/mol. The van der Waals surface area contributed by atoms with E-state index in [-0.39, 0.29) is 5.97 Å². The van der Waals surface area contributed by atoms with Crippen molar-refractivity contribution in [2.24, 2.45) is 4.99 Å². The predicted molar refractivity (Wildman–Crippen MR) is 168 cm³/mol. The third-order valence-electron chi connectivity index (χ3n) is 8.59. The zero-order valence-corrected chi connectivity index (χ0v) is 24.2. The SMILES string of the molecule is CC(=O)Oc1ccc2c(C)cc3c(c2c1)N=CC1(O3)N(CCOc2ccccc2)c2ccc3ccccc3c2C1(C)C. The van der Waals surface area contributed by atoms with Gasteiger partial charge in [-0.1, -0.05) is 54.6 Å². The third-order valence-corrected chi connectivity index (χ3v) is 8.59. The molecule has 5 aromatic carbocycles. The molecule has 1 spiro atoms. The van der Waals surface area contributed by atoms with Crippen LogP contribution in [0.3, 0.4) is 0 Å². The zero-order chi connectivity index (χ0) is 29.1. The molecule has 5 aromatic rings. The molecule has 0 saturated heterocycles. The molecule has 0 amide bonds. The summed E-state index contributed by atoms with van der Waals surface area (Å²) < 4.78 is 18.8. The van der Waals surface area contributed by atoms with E-state index in [1.807, 2.05) is 54.7 Å². The van der Waals surface area contributed by atoms with Gasteiger partial charge in [-0.05, 0) is 84.5 Å². The second-order valence-electron chi connectivity index (χ2n) is 11.5. The Bertz CT molecular complexity index is 1900. The van der Waals surface area contributed by atoms with Gasteiger partial charge in [-0.3, -0.25) is 9.79 Å². The Labute approximate surface area is 245 Å². The lowest BCUT2D eigenvalue weighted by atomic mass is 9.75. The molecule has 7 rings (SSSR count). The van der Waals surface area contributed by atoms with Gasteiger partial charge in [0.05, 0.1) is 18.2 Å². The van der Waals surface area contributed by atoms with Crippen molar-refractivity contribution in [3.8, 4) is 17.2 Å². The summed E-state index contributed by atoms with van der Waals surface area (Å²) in [5.74, 6) is 1.65. The maximum absolute atomic E-state index is 11.7. The molecule has 2 aliphatic heterocycles. The minimum absolute atomic E-state index is 0.361. The minimum Gasteiger partial charge on any atom is -0.492 e. The average Bonchev–Trinajstić information content (AvgIpc) is 3.15. The van der Waals surface area contributed by atoms with Gasteiger partial charge in [0.25, 0.3) is 0 Å². The van der Waals surface area contributed by atoms with Gasteiger partial charge in [-0.2, -0.15) is 0 Å². The maximum atomic E-state index is 11.7. The van der Waals surface area contributed by atoms with Crippen molar-refractivity contribution in [1.29, 1.82) is 0 Å². The lowest BCUT2D eigenvalue weighted by Gasteiger charge is -2.46. The fourth-order valence-electron chi connectivity index (χ4n) is 6.63. The first-order valence-corrected chi connectivity index (χ1v) is 14.3. The number of carbonyl (C=O) groups is 1. The number of fused-ring (bicyclic) bond motifs is 6. The normalized spacial score (nSPS) is 18.1. The smallest absolute Gasteiger partial charge is 0.308 e. The quantitative estimate of drug-likeness (QED) is 0.163. The van der Waals surface area contributed by atoms with Gasteiger partial charge in [0, 0.05) is 18.0 Å². The fraction of sp³-hybridized carbons (Fsp3) is 0.222. The first kappa shape index (κ1) is 26.1. The molecule has 0 aromatic heterocycles. The van der Waals surface area contributed by atoms with Gasteiger partial charge in [-0.15, -0.1) is 0 Å². The molecule has 0 saturated carbocycles. The number of carbonyl (C=O) groups excluding carboxylic acids is 1. The molecule has 0 fully saturated rings. The zero-order valence-electron chi connectivity index (χ0n) is 24.2. The molecule has 2 heterocycles. The first-order valence-electron chi connectivity index (χ1n) is 14.3. The Balaban J connectivity index is 1.37. The summed E-state index contributed by atoms with van der Waals surface area (Å²) in [6, 6.07) is 30.5. The number of aliphatic imine (C=N–C) groups is 1. The van der Waals surface area contributed by atoms with Crippen LogP contribution in [-0.2, 0) is 10.2 Å². The lowest BCUT2D eigenvalue weighted by Crippen LogP contribution is -2.63. The Hall–Kier alpha value is -4.84. The largest absolute Gasteiger partial charge is 0.492 e. The highest BCUT2D eigenvalue weighted by atomic mass is 16.5. The molecular formula is C36H32N2O4. The molecule has 0 aliphatic carbocycles. The van der Waals surface area contributed by atoms with Crippen LogP contribution < -0.4 is 19.1 Å². The van der Waals surface area contributed by atoms with Gasteiger partial charge < -0.3 is 19.1 Å². The standard InChI is InChI=1S/C36H32N2O4/c1-23-20-32-34(30-21-27(41-24(2)39)15-16-28(23)30)37-22-36(42-32)35(3,4)33-29-13-9-8-10-25(29)14-17-31(33)38(36)18-19-40-26-11-6-5-7-12-26/h5-17,20-22H,18-19H2,1-4H3. The van der Waals surface area contributed by atoms with Gasteiger partial charge in [0.2, 0.25) is 5.72 Å². The molecule has 6 heteroatoms. The number of rotatable bonds is 5. The van der Waals surface area contributed by atoms with E-state index in [1.165, 1.54) is 23.3 Å². The molecule has 2 aliphatic rings. The Morgan fingerprint density at radius 3 is 2.48 bits per heavy atom. The third kappa shape index (κ3) is 3.93. The molecule has 1 atom stereocenters. The second kappa shape index (κ2) is 9.62. The number of hydrogen-bond acceptors (Lipinski definition) is 6. The molecule has 0 radical (unpaired) electrons. The lowest BCUT2D eigenvalue weighted by molar-refractivity contribution is -0.131. The topological polar surface area (TPSA) is 60.4 Å². The number of para-hydroxylation sites is 1. The molecule has 0 bridgehead atoms. The summed E-state index contributed by atoms with van der Waals surface area (Å²) in [6.45, 7) is 9.01. The van der Waals surface area contributed by atoms with E-state index in [0.29, 0.717) is 24.7 Å². The van der Waals surface area contributed by atoms with E-state index in [1.54, 1.807) is 0 Å². The monoisotopic (exact) mass is 556 g/mol. The molecule has 0 N–H and O–H groups in total. The van der Waals surface area contributed by atoms with Crippen molar-refractivity contribution in [3.05, 3.63) is 102 Å². The highest BCUT2D eigenvalue weighted by molar-refractivity contribution is 6.03.